The summed E-state index contributed by atoms with van der Waals surface area (Å²) in [5.74, 6) is 0.461. The number of carbonyl (C=O) groups is 1. The van der Waals surface area contributed by atoms with Gasteiger partial charge in [-0.3, -0.25) is 9.52 Å². The minimum Gasteiger partial charge on any atom is -0.393 e. The lowest BCUT2D eigenvalue weighted by Crippen LogP contribution is -2.39. The quantitative estimate of drug-likeness (QED) is 0.451. The molecule has 2 aliphatic rings. The highest BCUT2D eigenvalue weighted by atomic mass is 35.5. The number of hydrogen-bond donors (Lipinski definition) is 2. The van der Waals surface area contributed by atoms with Crippen LogP contribution >= 0.6 is 23.2 Å². The van der Waals surface area contributed by atoms with Crippen LogP contribution in [-0.2, 0) is 10.0 Å². The van der Waals surface area contributed by atoms with Crippen LogP contribution in [0.15, 0.2) is 30.3 Å². The number of fused-ring (bicyclic) bond motifs is 1. The van der Waals surface area contributed by atoms with Gasteiger partial charge >= 0.3 is 0 Å². The molecular weight excluding hydrogens is 539 g/mol. The summed E-state index contributed by atoms with van der Waals surface area (Å²) in [4.78, 5) is 22.1. The number of halogens is 2. The van der Waals surface area contributed by atoms with E-state index in [-0.39, 0.29) is 29.3 Å². The first-order chi connectivity index (χ1) is 17.6. The molecule has 2 saturated heterocycles. The van der Waals surface area contributed by atoms with Crippen molar-refractivity contribution in [2.24, 2.45) is 0 Å². The van der Waals surface area contributed by atoms with Crippen LogP contribution in [0.1, 0.15) is 54.2 Å². The van der Waals surface area contributed by atoms with Crippen molar-refractivity contribution in [2.45, 2.75) is 44.2 Å². The number of anilines is 2. The van der Waals surface area contributed by atoms with Gasteiger partial charge in [0.15, 0.2) is 5.65 Å². The Kier molecular flexibility index (Phi) is 7.23. The van der Waals surface area contributed by atoms with Crippen LogP contribution in [-0.4, -0.2) is 70.9 Å². The van der Waals surface area contributed by atoms with Gasteiger partial charge in [-0.15, -0.1) is 0 Å². The van der Waals surface area contributed by atoms with Gasteiger partial charge in [-0.05, 0) is 50.3 Å². The molecule has 1 amide bonds. The summed E-state index contributed by atoms with van der Waals surface area (Å²) in [5, 5.41) is 15.4. The Morgan fingerprint density at radius 1 is 1.08 bits per heavy atom. The highest BCUT2D eigenvalue weighted by molar-refractivity contribution is 7.92. The van der Waals surface area contributed by atoms with Crippen molar-refractivity contribution in [2.75, 3.05) is 35.5 Å². The topological polar surface area (TPSA) is 120 Å². The van der Waals surface area contributed by atoms with Gasteiger partial charge in [-0.25, -0.2) is 13.4 Å². The van der Waals surface area contributed by atoms with E-state index in [0.717, 1.165) is 24.9 Å². The minimum absolute atomic E-state index is 0.180. The van der Waals surface area contributed by atoms with Crippen LogP contribution < -0.4 is 9.62 Å². The Morgan fingerprint density at radius 3 is 2.57 bits per heavy atom. The normalized spacial score (nSPS) is 19.4. The number of aliphatic hydroxyl groups excluding tert-OH is 1. The Balaban J connectivity index is 1.51. The van der Waals surface area contributed by atoms with E-state index in [2.05, 4.69) is 14.6 Å². The van der Waals surface area contributed by atoms with Crippen molar-refractivity contribution in [1.82, 2.24) is 19.5 Å². The molecule has 0 bridgehead atoms. The standard InChI is InChI=1S/C24H28Cl2N6O4S/c1-37(35,36)29-18-6-5-15(25)12-17(18)24(34)31-9-3-2-4-20(31)19-13-22-27-21(26)14-23(32(22)28-19)30-10-7-16(33)8-11-30/h5-6,12-14,16,20,29,33H,2-4,7-11H2,1H3/t20-/m0/s1. The van der Waals surface area contributed by atoms with Crippen LogP contribution in [0.25, 0.3) is 5.65 Å². The Morgan fingerprint density at radius 2 is 1.84 bits per heavy atom. The summed E-state index contributed by atoms with van der Waals surface area (Å²) in [7, 11) is -3.60. The summed E-state index contributed by atoms with van der Waals surface area (Å²) < 4.78 is 28.0. The molecule has 13 heteroatoms. The highest BCUT2D eigenvalue weighted by Crippen LogP contribution is 2.35. The van der Waals surface area contributed by atoms with Gasteiger partial charge in [0.1, 0.15) is 11.0 Å². The average molecular weight is 567 g/mol. The van der Waals surface area contributed by atoms with Gasteiger partial charge in [0.25, 0.3) is 5.91 Å². The van der Waals surface area contributed by atoms with Crippen molar-refractivity contribution < 1.29 is 18.3 Å². The van der Waals surface area contributed by atoms with Gasteiger partial charge in [0, 0.05) is 36.8 Å². The number of rotatable bonds is 5. The van der Waals surface area contributed by atoms with Crippen LogP contribution in [0.5, 0.6) is 0 Å². The predicted molar refractivity (Wildman–Crippen MR) is 143 cm³/mol. The zero-order valence-corrected chi connectivity index (χ0v) is 22.6. The lowest BCUT2D eigenvalue weighted by molar-refractivity contribution is 0.0607. The Bertz CT molecular complexity index is 1440. The van der Waals surface area contributed by atoms with Crippen molar-refractivity contribution in [3.8, 4) is 0 Å². The molecule has 0 aliphatic carbocycles. The van der Waals surface area contributed by atoms with Gasteiger partial charge < -0.3 is 14.9 Å². The maximum Gasteiger partial charge on any atom is 0.256 e. The van der Waals surface area contributed by atoms with E-state index in [4.69, 9.17) is 28.3 Å². The fraction of sp³-hybridized carbons (Fsp3) is 0.458. The molecule has 2 aromatic heterocycles. The largest absolute Gasteiger partial charge is 0.393 e. The van der Waals surface area contributed by atoms with Crippen LogP contribution in [0.4, 0.5) is 11.5 Å². The third-order valence-corrected chi connectivity index (χ3v) is 7.82. The number of aromatic nitrogens is 3. The Labute approximate surface area is 225 Å². The fourth-order valence-corrected chi connectivity index (χ4v) is 5.98. The average Bonchev–Trinajstić information content (AvgIpc) is 3.28. The lowest BCUT2D eigenvalue weighted by Gasteiger charge is -2.35. The molecule has 1 atom stereocenters. The number of likely N-dealkylation sites (tertiary alicyclic amines) is 1. The summed E-state index contributed by atoms with van der Waals surface area (Å²) in [6, 6.07) is 7.80. The second-order valence-corrected chi connectivity index (χ2v) is 12.1. The maximum atomic E-state index is 13.8. The van der Waals surface area contributed by atoms with Gasteiger partial charge in [0.2, 0.25) is 10.0 Å². The van der Waals surface area contributed by atoms with Crippen molar-refractivity contribution in [3.05, 3.63) is 51.8 Å². The summed E-state index contributed by atoms with van der Waals surface area (Å²) in [6.45, 7) is 1.84. The van der Waals surface area contributed by atoms with Crippen molar-refractivity contribution in [1.29, 1.82) is 0 Å². The number of benzene rings is 1. The predicted octanol–water partition coefficient (Wildman–Crippen LogP) is 3.74. The van der Waals surface area contributed by atoms with Gasteiger partial charge in [-0.1, -0.05) is 23.2 Å². The summed E-state index contributed by atoms with van der Waals surface area (Å²) in [6.07, 6.45) is 4.47. The van der Waals surface area contributed by atoms with Crippen LogP contribution in [0, 0.1) is 0 Å². The van der Waals surface area contributed by atoms with Crippen LogP contribution in [0.3, 0.4) is 0 Å². The molecule has 4 heterocycles. The number of nitrogens with zero attached hydrogens (tertiary/aromatic N) is 5. The molecule has 3 aromatic rings. The number of hydrogen-bond acceptors (Lipinski definition) is 7. The first kappa shape index (κ1) is 26.0. The molecule has 2 fully saturated rings. The smallest absolute Gasteiger partial charge is 0.256 e. The molecule has 198 valence electrons. The van der Waals surface area contributed by atoms with Gasteiger partial charge in [0.05, 0.1) is 35.3 Å². The number of carbonyl (C=O) groups excluding carboxylic acids is 1. The minimum atomic E-state index is -3.60. The molecule has 0 unspecified atom stereocenters. The summed E-state index contributed by atoms with van der Waals surface area (Å²) in [5.41, 5.74) is 1.62. The fourth-order valence-electron chi connectivity index (χ4n) is 5.05. The zero-order chi connectivity index (χ0) is 26.3. The molecule has 2 aliphatic heterocycles. The number of aliphatic hydroxyl groups is 1. The lowest BCUT2D eigenvalue weighted by atomic mass is 9.98. The second-order valence-electron chi connectivity index (χ2n) is 9.57. The Hall–Kier alpha value is -2.60. The van der Waals surface area contributed by atoms with E-state index in [1.165, 1.54) is 18.2 Å². The molecule has 5 rings (SSSR count). The molecular formula is C24H28Cl2N6O4S. The van der Waals surface area contributed by atoms with E-state index in [0.29, 0.717) is 60.4 Å². The maximum absolute atomic E-state index is 13.8. The molecule has 2 N–H and O–H groups in total. The highest BCUT2D eigenvalue weighted by Gasteiger charge is 2.33. The first-order valence-corrected chi connectivity index (χ1v) is 14.8. The molecule has 0 saturated carbocycles. The monoisotopic (exact) mass is 566 g/mol. The first-order valence-electron chi connectivity index (χ1n) is 12.2. The van der Waals surface area contributed by atoms with Crippen molar-refractivity contribution >= 4 is 56.3 Å². The molecule has 10 nitrogen and oxygen atoms in total. The number of piperidine rings is 2. The van der Waals surface area contributed by atoms with Gasteiger partial charge in [-0.2, -0.15) is 9.61 Å². The van der Waals surface area contributed by atoms with E-state index in [1.807, 2.05) is 6.07 Å². The van der Waals surface area contributed by atoms with Crippen LogP contribution in [0.2, 0.25) is 10.2 Å². The molecule has 0 radical (unpaired) electrons. The SMILES string of the molecule is CS(=O)(=O)Nc1ccc(Cl)cc1C(=O)N1CCCC[C@H]1c1cc2nc(Cl)cc(N3CCC(O)CC3)n2n1. The third-order valence-electron chi connectivity index (χ3n) is 6.80. The molecule has 37 heavy (non-hydrogen) atoms. The van der Waals surface area contributed by atoms with E-state index >= 15 is 0 Å². The molecule has 0 spiro atoms. The van der Waals surface area contributed by atoms with E-state index < -0.39 is 10.0 Å². The van der Waals surface area contributed by atoms with E-state index in [9.17, 15) is 18.3 Å². The van der Waals surface area contributed by atoms with Crippen molar-refractivity contribution in [3.63, 3.8) is 0 Å². The molecule has 1 aromatic carbocycles. The number of amides is 1. The number of sulfonamides is 1. The zero-order valence-electron chi connectivity index (χ0n) is 20.3. The third kappa shape index (κ3) is 5.64. The van der Waals surface area contributed by atoms with E-state index in [1.54, 1.807) is 15.5 Å². The summed E-state index contributed by atoms with van der Waals surface area (Å²) >= 11 is 12.5. The number of nitrogens with one attached hydrogen (secondary N) is 1. The second kappa shape index (κ2) is 10.3.